The number of anilines is 3. The Hall–Kier alpha value is -3.43. The number of hydrogen-bond donors (Lipinski definition) is 2. The highest BCUT2D eigenvalue weighted by molar-refractivity contribution is 7.83. The smallest absolute Gasteiger partial charge is 0.177 e. The lowest BCUT2D eigenvalue weighted by Crippen LogP contribution is -2.09. The molecule has 0 amide bonds. The van der Waals surface area contributed by atoms with E-state index < -0.39 is 10.8 Å². The monoisotopic (exact) mass is 391 g/mol. The number of fused-ring (bicyclic) bond motifs is 1. The quantitative estimate of drug-likeness (QED) is 0.663. The van der Waals surface area contributed by atoms with Gasteiger partial charge in [-0.3, -0.25) is 4.21 Å². The number of benzene rings is 1. The summed E-state index contributed by atoms with van der Waals surface area (Å²) in [6, 6.07) is 11.8. The van der Waals surface area contributed by atoms with Crippen molar-refractivity contribution in [2.45, 2.75) is 24.6 Å². The predicted octanol–water partition coefficient (Wildman–Crippen LogP) is 2.67. The first-order valence-electron chi connectivity index (χ1n) is 8.73. The molecule has 1 aromatic carbocycles. The largest absolute Gasteiger partial charge is 0.367 e. The minimum atomic E-state index is -1.06. The van der Waals surface area contributed by atoms with Crippen LogP contribution in [-0.4, -0.2) is 31.1 Å². The molecule has 1 saturated carbocycles. The van der Waals surface area contributed by atoms with E-state index in [4.69, 9.17) is 0 Å². The summed E-state index contributed by atoms with van der Waals surface area (Å²) < 4.78 is 13.2. The van der Waals surface area contributed by atoms with E-state index >= 15 is 0 Å². The number of hydrogen-bond acceptors (Lipinski definition) is 7. The maximum Gasteiger partial charge on any atom is 0.177 e. The van der Waals surface area contributed by atoms with Gasteiger partial charge in [0.15, 0.2) is 5.65 Å². The lowest BCUT2D eigenvalue weighted by Gasteiger charge is -2.12. The molecule has 1 fully saturated rings. The third kappa shape index (κ3) is 3.66. The first-order chi connectivity index (χ1) is 13.6. The lowest BCUT2D eigenvalue weighted by atomic mass is 10.1. The Bertz CT molecular complexity index is 1170. The summed E-state index contributed by atoms with van der Waals surface area (Å²) in [6.45, 7) is 0. The zero-order valence-corrected chi connectivity index (χ0v) is 16.0. The molecule has 1 aliphatic carbocycles. The molecule has 0 aliphatic heterocycles. The molecule has 1 unspecified atom stereocenters. The molecular weight excluding hydrogens is 374 g/mol. The van der Waals surface area contributed by atoms with Crippen LogP contribution in [0.1, 0.15) is 29.5 Å². The summed E-state index contributed by atoms with van der Waals surface area (Å²) in [7, 11) is -1.06. The topological polar surface area (TPSA) is 119 Å². The van der Waals surface area contributed by atoms with Crippen molar-refractivity contribution in [2.75, 3.05) is 16.9 Å². The van der Waals surface area contributed by atoms with Crippen molar-refractivity contribution in [3.63, 3.8) is 0 Å². The van der Waals surface area contributed by atoms with Gasteiger partial charge in [-0.05, 0) is 36.6 Å². The van der Waals surface area contributed by atoms with Crippen molar-refractivity contribution in [3.05, 3.63) is 47.2 Å². The molecule has 8 nitrogen and oxygen atoms in total. The molecule has 4 rings (SSSR count). The van der Waals surface area contributed by atoms with Crippen molar-refractivity contribution in [1.82, 2.24) is 14.6 Å². The van der Waals surface area contributed by atoms with Crippen molar-refractivity contribution in [3.8, 4) is 12.1 Å². The lowest BCUT2D eigenvalue weighted by molar-refractivity contribution is 0.686. The van der Waals surface area contributed by atoms with Crippen LogP contribution in [0, 0.1) is 22.7 Å². The van der Waals surface area contributed by atoms with Crippen LogP contribution < -0.4 is 10.6 Å². The molecule has 2 heterocycles. The van der Waals surface area contributed by atoms with Gasteiger partial charge >= 0.3 is 0 Å². The number of nitriles is 2. The Balaban J connectivity index is 1.72. The maximum atomic E-state index is 11.6. The molecule has 2 aromatic heterocycles. The standard InChI is InChI=1S/C19H17N7OS/c1-28(27)11-13-6-16(3-2-12(13)8-20)23-17-7-18(24-15-4-5-15)26-19(25-17)14(9-21)10-22-26/h2-3,6-7,10,15,24H,4-5,11H2,1H3,(H,23,25). The fourth-order valence-electron chi connectivity index (χ4n) is 2.91. The SMILES string of the molecule is CS(=O)Cc1cc(Nc2cc(NC3CC3)n3ncc(C#N)c3n2)ccc1C#N. The summed E-state index contributed by atoms with van der Waals surface area (Å²) in [5, 5.41) is 29.5. The number of nitrogens with one attached hydrogen (secondary N) is 2. The molecule has 0 saturated heterocycles. The molecular formula is C19H17N7OS. The molecule has 3 aromatic rings. The number of aromatic nitrogens is 3. The summed E-state index contributed by atoms with van der Waals surface area (Å²) >= 11 is 0. The van der Waals surface area contributed by atoms with E-state index in [0.717, 1.165) is 24.3 Å². The zero-order valence-electron chi connectivity index (χ0n) is 15.1. The highest BCUT2D eigenvalue weighted by Crippen LogP contribution is 2.28. The second kappa shape index (κ2) is 7.29. The van der Waals surface area contributed by atoms with Gasteiger partial charge in [0.2, 0.25) is 0 Å². The van der Waals surface area contributed by atoms with Crippen molar-refractivity contribution < 1.29 is 4.21 Å². The van der Waals surface area contributed by atoms with Crippen LogP contribution in [0.3, 0.4) is 0 Å². The third-order valence-corrected chi connectivity index (χ3v) is 5.10. The molecule has 140 valence electrons. The van der Waals surface area contributed by atoms with Gasteiger partial charge in [-0.15, -0.1) is 0 Å². The molecule has 1 aliphatic rings. The van der Waals surface area contributed by atoms with Gasteiger partial charge in [0.1, 0.15) is 23.3 Å². The summed E-state index contributed by atoms with van der Waals surface area (Å²) in [4.78, 5) is 4.52. The van der Waals surface area contributed by atoms with Crippen molar-refractivity contribution >= 4 is 33.8 Å². The Morgan fingerprint density at radius 1 is 1.25 bits per heavy atom. The first-order valence-corrected chi connectivity index (χ1v) is 10.5. The number of rotatable bonds is 6. The molecule has 9 heteroatoms. The van der Waals surface area contributed by atoms with Crippen molar-refractivity contribution in [1.29, 1.82) is 10.5 Å². The van der Waals surface area contributed by atoms with E-state index in [1.54, 1.807) is 29.0 Å². The van der Waals surface area contributed by atoms with Crippen LogP contribution in [0.2, 0.25) is 0 Å². The molecule has 2 N–H and O–H groups in total. The number of nitrogens with zero attached hydrogens (tertiary/aromatic N) is 5. The second-order valence-corrected chi connectivity index (χ2v) is 8.11. The van der Waals surface area contributed by atoms with E-state index in [1.807, 2.05) is 6.07 Å². The van der Waals surface area contributed by atoms with Crippen LogP contribution in [0.4, 0.5) is 17.3 Å². The molecule has 0 spiro atoms. The van der Waals surface area contributed by atoms with E-state index in [2.05, 4.69) is 32.9 Å². The minimum absolute atomic E-state index is 0.306. The van der Waals surface area contributed by atoms with E-state index in [-0.39, 0.29) is 0 Å². The van der Waals surface area contributed by atoms with Gasteiger partial charge in [0.25, 0.3) is 0 Å². The molecule has 1 atom stereocenters. The zero-order chi connectivity index (χ0) is 19.7. The van der Waals surface area contributed by atoms with Crippen LogP contribution in [0.25, 0.3) is 5.65 Å². The first kappa shape index (κ1) is 18.0. The fourth-order valence-corrected chi connectivity index (χ4v) is 3.59. The summed E-state index contributed by atoms with van der Waals surface area (Å²) in [6.07, 6.45) is 5.31. The van der Waals surface area contributed by atoms with Gasteiger partial charge in [0.05, 0.1) is 17.8 Å². The fraction of sp³-hybridized carbons (Fsp3) is 0.263. The van der Waals surface area contributed by atoms with E-state index in [1.165, 1.54) is 6.20 Å². The third-order valence-electron chi connectivity index (χ3n) is 4.38. The second-order valence-electron chi connectivity index (χ2n) is 6.68. The Morgan fingerprint density at radius 3 is 2.71 bits per heavy atom. The molecule has 0 bridgehead atoms. The normalized spacial score (nSPS) is 14.2. The van der Waals surface area contributed by atoms with Gasteiger partial charge < -0.3 is 10.6 Å². The summed E-state index contributed by atoms with van der Waals surface area (Å²) in [5.41, 5.74) is 2.81. The van der Waals surface area contributed by atoms with Crippen LogP contribution in [-0.2, 0) is 16.6 Å². The highest BCUT2D eigenvalue weighted by Gasteiger charge is 2.23. The van der Waals surface area contributed by atoms with Gasteiger partial charge in [-0.1, -0.05) is 0 Å². The van der Waals surface area contributed by atoms with Gasteiger partial charge in [-0.2, -0.15) is 20.1 Å². The average molecular weight is 391 g/mol. The van der Waals surface area contributed by atoms with Gasteiger partial charge in [0, 0.05) is 40.6 Å². The highest BCUT2D eigenvalue weighted by atomic mass is 32.2. The maximum absolute atomic E-state index is 11.6. The minimum Gasteiger partial charge on any atom is -0.367 e. The van der Waals surface area contributed by atoms with Crippen LogP contribution in [0.5, 0.6) is 0 Å². The van der Waals surface area contributed by atoms with E-state index in [0.29, 0.717) is 40.0 Å². The van der Waals surface area contributed by atoms with Crippen LogP contribution in [0.15, 0.2) is 30.5 Å². The van der Waals surface area contributed by atoms with Gasteiger partial charge in [-0.25, -0.2) is 4.98 Å². The average Bonchev–Trinajstić information content (AvgIpc) is 3.38. The van der Waals surface area contributed by atoms with Crippen molar-refractivity contribution in [2.24, 2.45) is 0 Å². The molecule has 0 radical (unpaired) electrons. The predicted molar refractivity (Wildman–Crippen MR) is 107 cm³/mol. The Kier molecular flexibility index (Phi) is 4.68. The van der Waals surface area contributed by atoms with E-state index in [9.17, 15) is 14.7 Å². The Morgan fingerprint density at radius 2 is 2.04 bits per heavy atom. The molecule has 28 heavy (non-hydrogen) atoms. The Labute approximate surface area is 164 Å². The summed E-state index contributed by atoms with van der Waals surface area (Å²) in [5.74, 6) is 1.63. The van der Waals surface area contributed by atoms with Crippen LogP contribution >= 0.6 is 0 Å².